The van der Waals surface area contributed by atoms with Gasteiger partial charge in [-0.3, -0.25) is 14.5 Å². The van der Waals surface area contributed by atoms with Gasteiger partial charge in [0.25, 0.3) is 0 Å². The largest absolute Gasteiger partial charge is 0.461 e. The minimum atomic E-state index is -0.250. The van der Waals surface area contributed by atoms with Crippen LogP contribution in [0.5, 0.6) is 0 Å². The SMILES string of the molecule is CCC(C)C(=O)OCC1=CCN2CC[C@@H](OC(C)=O)C12. The molecule has 3 atom stereocenters. The molecule has 0 aromatic rings. The van der Waals surface area contributed by atoms with E-state index in [0.717, 1.165) is 31.5 Å². The van der Waals surface area contributed by atoms with Crippen LogP contribution in [0.1, 0.15) is 33.6 Å². The van der Waals surface area contributed by atoms with Crippen molar-refractivity contribution in [1.82, 2.24) is 4.90 Å². The van der Waals surface area contributed by atoms with Crippen LogP contribution in [-0.4, -0.2) is 48.7 Å². The fourth-order valence-electron chi connectivity index (χ4n) is 2.80. The predicted octanol–water partition coefficient (Wildman–Crippen LogP) is 1.52. The van der Waals surface area contributed by atoms with E-state index in [1.54, 1.807) is 0 Å². The summed E-state index contributed by atoms with van der Waals surface area (Å²) in [5.41, 5.74) is 1.06. The van der Waals surface area contributed by atoms with E-state index in [-0.39, 0.29) is 30.0 Å². The second kappa shape index (κ2) is 6.39. The summed E-state index contributed by atoms with van der Waals surface area (Å²) < 4.78 is 10.7. The molecule has 2 aliphatic heterocycles. The number of carbonyl (C=O) groups is 2. The van der Waals surface area contributed by atoms with Gasteiger partial charge in [0.15, 0.2) is 0 Å². The number of ether oxygens (including phenoxy) is 2. The summed E-state index contributed by atoms with van der Waals surface area (Å²) in [4.78, 5) is 25.1. The molecule has 2 rings (SSSR count). The van der Waals surface area contributed by atoms with Crippen LogP contribution >= 0.6 is 0 Å². The highest BCUT2D eigenvalue weighted by Crippen LogP contribution is 2.31. The molecular weight excluding hydrogens is 258 g/mol. The minimum absolute atomic E-state index is 0.0686. The molecule has 0 bridgehead atoms. The van der Waals surface area contributed by atoms with Gasteiger partial charge in [0, 0.05) is 20.0 Å². The first-order valence-corrected chi connectivity index (χ1v) is 7.29. The molecule has 2 unspecified atom stereocenters. The molecule has 0 aromatic heterocycles. The molecule has 112 valence electrons. The highest BCUT2D eigenvalue weighted by molar-refractivity contribution is 5.72. The van der Waals surface area contributed by atoms with Crippen molar-refractivity contribution < 1.29 is 19.1 Å². The second-order valence-electron chi connectivity index (χ2n) is 5.57. The lowest BCUT2D eigenvalue weighted by Crippen LogP contribution is -2.36. The minimum Gasteiger partial charge on any atom is -0.461 e. The molecule has 0 aliphatic carbocycles. The lowest BCUT2D eigenvalue weighted by atomic mass is 10.0. The van der Waals surface area contributed by atoms with Gasteiger partial charge in [-0.25, -0.2) is 0 Å². The number of rotatable bonds is 5. The van der Waals surface area contributed by atoms with E-state index in [1.807, 2.05) is 13.8 Å². The molecule has 0 saturated carbocycles. The van der Waals surface area contributed by atoms with Gasteiger partial charge in [0.2, 0.25) is 0 Å². The lowest BCUT2D eigenvalue weighted by molar-refractivity contribution is -0.149. The standard InChI is InChI=1S/C15H23NO4/c1-4-10(2)15(18)19-9-12-5-7-16-8-6-13(14(12)16)20-11(3)17/h5,10,13-14H,4,6-9H2,1-3H3/t10?,13-,14?/m1/s1. The smallest absolute Gasteiger partial charge is 0.308 e. The molecule has 20 heavy (non-hydrogen) atoms. The normalized spacial score (nSPS) is 26.9. The molecule has 2 aliphatic rings. The Bertz CT molecular complexity index is 418. The van der Waals surface area contributed by atoms with Crippen molar-refractivity contribution in [3.8, 4) is 0 Å². The number of hydrogen-bond donors (Lipinski definition) is 0. The van der Waals surface area contributed by atoms with Crippen LogP contribution in [0.15, 0.2) is 11.6 Å². The molecule has 1 fully saturated rings. The summed E-state index contributed by atoms with van der Waals surface area (Å²) in [6, 6.07) is 0.0867. The third kappa shape index (κ3) is 3.20. The second-order valence-corrected chi connectivity index (χ2v) is 5.57. The van der Waals surface area contributed by atoms with E-state index in [0.29, 0.717) is 6.61 Å². The van der Waals surface area contributed by atoms with Crippen LogP contribution < -0.4 is 0 Å². The summed E-state index contributed by atoms with van der Waals surface area (Å²) in [6.07, 6.45) is 3.61. The first-order chi connectivity index (χ1) is 9.52. The van der Waals surface area contributed by atoms with Crippen LogP contribution in [0, 0.1) is 5.92 Å². The Balaban J connectivity index is 1.92. The Morgan fingerprint density at radius 3 is 2.90 bits per heavy atom. The monoisotopic (exact) mass is 281 g/mol. The number of esters is 2. The van der Waals surface area contributed by atoms with Gasteiger partial charge in [0.05, 0.1) is 12.0 Å². The summed E-state index contributed by atoms with van der Waals surface area (Å²) in [7, 11) is 0. The summed E-state index contributed by atoms with van der Waals surface area (Å²) in [6.45, 7) is 7.34. The molecule has 0 amide bonds. The van der Waals surface area contributed by atoms with Crippen molar-refractivity contribution in [3.05, 3.63) is 11.6 Å². The van der Waals surface area contributed by atoms with Crippen molar-refractivity contribution in [2.75, 3.05) is 19.7 Å². The van der Waals surface area contributed by atoms with Crippen LogP contribution in [0.3, 0.4) is 0 Å². The molecule has 5 heteroatoms. The van der Waals surface area contributed by atoms with E-state index in [9.17, 15) is 9.59 Å². The maximum absolute atomic E-state index is 11.7. The van der Waals surface area contributed by atoms with E-state index >= 15 is 0 Å². The highest BCUT2D eigenvalue weighted by atomic mass is 16.5. The number of hydrogen-bond acceptors (Lipinski definition) is 5. The molecule has 1 saturated heterocycles. The zero-order chi connectivity index (χ0) is 14.7. The van der Waals surface area contributed by atoms with Gasteiger partial charge in [-0.2, -0.15) is 0 Å². The average molecular weight is 281 g/mol. The Hall–Kier alpha value is -1.36. The molecule has 5 nitrogen and oxygen atoms in total. The van der Waals surface area contributed by atoms with Gasteiger partial charge in [-0.15, -0.1) is 0 Å². The van der Waals surface area contributed by atoms with Gasteiger partial charge >= 0.3 is 11.9 Å². The third-order valence-corrected chi connectivity index (χ3v) is 4.13. The van der Waals surface area contributed by atoms with Crippen molar-refractivity contribution in [1.29, 1.82) is 0 Å². The van der Waals surface area contributed by atoms with Gasteiger partial charge in [-0.1, -0.05) is 19.9 Å². The fraction of sp³-hybridized carbons (Fsp3) is 0.733. The highest BCUT2D eigenvalue weighted by Gasteiger charge is 2.41. The van der Waals surface area contributed by atoms with Crippen molar-refractivity contribution in [3.63, 3.8) is 0 Å². The summed E-state index contributed by atoms with van der Waals surface area (Å²) in [5.74, 6) is -0.477. The lowest BCUT2D eigenvalue weighted by Gasteiger charge is -2.23. The molecule has 0 aromatic carbocycles. The van der Waals surface area contributed by atoms with E-state index in [2.05, 4.69) is 11.0 Å². The zero-order valence-corrected chi connectivity index (χ0v) is 12.4. The fourth-order valence-corrected chi connectivity index (χ4v) is 2.80. The Kier molecular flexibility index (Phi) is 4.81. The van der Waals surface area contributed by atoms with Gasteiger partial charge in [0.1, 0.15) is 12.7 Å². The van der Waals surface area contributed by atoms with Gasteiger partial charge in [-0.05, 0) is 18.4 Å². The predicted molar refractivity (Wildman–Crippen MR) is 74.0 cm³/mol. The summed E-state index contributed by atoms with van der Waals surface area (Å²) in [5, 5.41) is 0. The van der Waals surface area contributed by atoms with E-state index < -0.39 is 0 Å². The van der Waals surface area contributed by atoms with Crippen molar-refractivity contribution >= 4 is 11.9 Å². The molecular formula is C15H23NO4. The van der Waals surface area contributed by atoms with E-state index in [4.69, 9.17) is 9.47 Å². The zero-order valence-electron chi connectivity index (χ0n) is 12.4. The Morgan fingerprint density at radius 2 is 2.25 bits per heavy atom. The van der Waals surface area contributed by atoms with Gasteiger partial charge < -0.3 is 9.47 Å². The van der Waals surface area contributed by atoms with Crippen LogP contribution in [0.25, 0.3) is 0 Å². The molecule has 0 spiro atoms. The topological polar surface area (TPSA) is 55.8 Å². The first-order valence-electron chi connectivity index (χ1n) is 7.29. The first kappa shape index (κ1) is 15.0. The van der Waals surface area contributed by atoms with Crippen LogP contribution in [0.2, 0.25) is 0 Å². The quantitative estimate of drug-likeness (QED) is 0.565. The maximum Gasteiger partial charge on any atom is 0.308 e. The number of nitrogens with zero attached hydrogens (tertiary/aromatic N) is 1. The molecule has 2 heterocycles. The van der Waals surface area contributed by atoms with Crippen molar-refractivity contribution in [2.45, 2.75) is 45.8 Å². The average Bonchev–Trinajstić information content (AvgIpc) is 2.98. The van der Waals surface area contributed by atoms with Crippen molar-refractivity contribution in [2.24, 2.45) is 5.92 Å². The van der Waals surface area contributed by atoms with Crippen LogP contribution in [-0.2, 0) is 19.1 Å². The third-order valence-electron chi connectivity index (χ3n) is 4.13. The molecule has 0 N–H and O–H groups in total. The van der Waals surface area contributed by atoms with Crippen LogP contribution in [0.4, 0.5) is 0 Å². The molecule has 0 radical (unpaired) electrons. The number of carbonyl (C=O) groups excluding carboxylic acids is 2. The van der Waals surface area contributed by atoms with E-state index in [1.165, 1.54) is 6.92 Å². The Labute approximate surface area is 119 Å². The number of fused-ring (bicyclic) bond motifs is 1. The summed E-state index contributed by atoms with van der Waals surface area (Å²) >= 11 is 0. The maximum atomic E-state index is 11.7. The Morgan fingerprint density at radius 1 is 1.50 bits per heavy atom.